The van der Waals surface area contributed by atoms with E-state index in [9.17, 15) is 4.79 Å². The molecule has 2 nitrogen and oxygen atoms in total. The Labute approximate surface area is 147 Å². The van der Waals surface area contributed by atoms with Crippen LogP contribution in [0.2, 0.25) is 0 Å². The smallest absolute Gasteiger partial charge is 0.197 e. The Balaban J connectivity index is 2.03. The highest BCUT2D eigenvalue weighted by molar-refractivity contribution is 5.93. The number of rotatable bonds is 3. The first kappa shape index (κ1) is 15.6. The number of hydrogen-bond donors (Lipinski definition) is 0. The van der Waals surface area contributed by atoms with Crippen molar-refractivity contribution in [1.29, 1.82) is 0 Å². The molecule has 0 bridgehead atoms. The first-order chi connectivity index (χ1) is 12.2. The number of pyridine rings is 1. The van der Waals surface area contributed by atoms with E-state index in [1.807, 2.05) is 24.3 Å². The summed E-state index contributed by atoms with van der Waals surface area (Å²) in [6.07, 6.45) is 0.931. The van der Waals surface area contributed by atoms with Gasteiger partial charge >= 0.3 is 0 Å². The van der Waals surface area contributed by atoms with Crippen LogP contribution in [0.3, 0.4) is 0 Å². The molecule has 124 valence electrons. The van der Waals surface area contributed by atoms with Gasteiger partial charge in [0.15, 0.2) is 5.43 Å². The summed E-state index contributed by atoms with van der Waals surface area (Å²) in [6, 6.07) is 22.8. The van der Waals surface area contributed by atoms with Crippen LogP contribution in [0, 0.1) is 6.92 Å². The van der Waals surface area contributed by atoms with Crippen molar-refractivity contribution in [1.82, 2.24) is 4.57 Å². The lowest BCUT2D eigenvalue weighted by atomic mass is 10.0. The topological polar surface area (TPSA) is 22.0 Å². The van der Waals surface area contributed by atoms with Crippen LogP contribution in [0.4, 0.5) is 0 Å². The van der Waals surface area contributed by atoms with Crippen LogP contribution < -0.4 is 5.43 Å². The van der Waals surface area contributed by atoms with E-state index in [1.54, 1.807) is 0 Å². The van der Waals surface area contributed by atoms with Gasteiger partial charge in [0.25, 0.3) is 0 Å². The fourth-order valence-electron chi connectivity index (χ4n) is 3.44. The molecule has 1 aromatic heterocycles. The molecule has 1 heterocycles. The minimum Gasteiger partial charge on any atom is -0.336 e. The van der Waals surface area contributed by atoms with Gasteiger partial charge in [-0.3, -0.25) is 4.79 Å². The molecule has 0 aliphatic carbocycles. The molecule has 0 unspecified atom stereocenters. The standard InChI is InChI=1S/C23H21NO/c1-3-17-12-13-22-20(14-17)23(25)19-6-4-5-7-21(19)24(22)15-18-10-8-16(2)9-11-18/h4-14H,3,15H2,1-2H3. The van der Waals surface area contributed by atoms with Crippen molar-refractivity contribution in [3.05, 3.63) is 93.6 Å². The van der Waals surface area contributed by atoms with Gasteiger partial charge in [0.2, 0.25) is 0 Å². The number of aryl methyl sites for hydroxylation is 2. The van der Waals surface area contributed by atoms with Gasteiger partial charge in [-0.25, -0.2) is 0 Å². The van der Waals surface area contributed by atoms with Crippen molar-refractivity contribution >= 4 is 21.8 Å². The van der Waals surface area contributed by atoms with Gasteiger partial charge in [-0.05, 0) is 48.7 Å². The average Bonchev–Trinajstić information content (AvgIpc) is 2.66. The molecular formula is C23H21NO. The summed E-state index contributed by atoms with van der Waals surface area (Å²) in [5.41, 5.74) is 5.81. The molecule has 4 aromatic rings. The Morgan fingerprint density at radius 2 is 1.48 bits per heavy atom. The number of hydrogen-bond acceptors (Lipinski definition) is 1. The minimum atomic E-state index is 0.126. The monoisotopic (exact) mass is 327 g/mol. The first-order valence-electron chi connectivity index (χ1n) is 8.77. The van der Waals surface area contributed by atoms with E-state index in [4.69, 9.17) is 0 Å². The zero-order valence-electron chi connectivity index (χ0n) is 14.6. The summed E-state index contributed by atoms with van der Waals surface area (Å²) < 4.78 is 2.26. The predicted molar refractivity (Wildman–Crippen MR) is 105 cm³/mol. The molecule has 3 aromatic carbocycles. The maximum atomic E-state index is 13.0. The van der Waals surface area contributed by atoms with Gasteiger partial charge in [0.05, 0.1) is 11.0 Å². The van der Waals surface area contributed by atoms with Crippen molar-refractivity contribution in [2.75, 3.05) is 0 Å². The van der Waals surface area contributed by atoms with Crippen LogP contribution >= 0.6 is 0 Å². The van der Waals surface area contributed by atoms with Crippen LogP contribution in [0.5, 0.6) is 0 Å². The molecule has 0 spiro atoms. The third-order valence-corrected chi connectivity index (χ3v) is 4.91. The first-order valence-corrected chi connectivity index (χ1v) is 8.77. The second-order valence-electron chi connectivity index (χ2n) is 6.62. The summed E-state index contributed by atoms with van der Waals surface area (Å²) in [6.45, 7) is 4.97. The largest absolute Gasteiger partial charge is 0.336 e. The fraction of sp³-hybridized carbons (Fsp3) is 0.174. The summed E-state index contributed by atoms with van der Waals surface area (Å²) in [7, 11) is 0. The van der Waals surface area contributed by atoms with Gasteiger partial charge in [-0.1, -0.05) is 55.0 Å². The summed E-state index contributed by atoms with van der Waals surface area (Å²) in [5.74, 6) is 0. The van der Waals surface area contributed by atoms with Crippen molar-refractivity contribution in [2.45, 2.75) is 26.8 Å². The Morgan fingerprint density at radius 3 is 2.24 bits per heavy atom. The van der Waals surface area contributed by atoms with Gasteiger partial charge < -0.3 is 4.57 Å². The summed E-state index contributed by atoms with van der Waals surface area (Å²) in [5, 5.41) is 1.60. The maximum Gasteiger partial charge on any atom is 0.197 e. The maximum absolute atomic E-state index is 13.0. The molecule has 0 N–H and O–H groups in total. The number of para-hydroxylation sites is 1. The van der Waals surface area contributed by atoms with E-state index < -0.39 is 0 Å². The van der Waals surface area contributed by atoms with Crippen molar-refractivity contribution < 1.29 is 0 Å². The van der Waals surface area contributed by atoms with Crippen molar-refractivity contribution in [2.24, 2.45) is 0 Å². The quantitative estimate of drug-likeness (QED) is 0.481. The summed E-state index contributed by atoms with van der Waals surface area (Å²) >= 11 is 0. The fourth-order valence-corrected chi connectivity index (χ4v) is 3.44. The van der Waals surface area contributed by atoms with E-state index in [1.165, 1.54) is 16.7 Å². The van der Waals surface area contributed by atoms with Crippen LogP contribution in [0.1, 0.15) is 23.6 Å². The zero-order valence-corrected chi connectivity index (χ0v) is 14.6. The lowest BCUT2D eigenvalue weighted by Crippen LogP contribution is -2.12. The molecule has 0 atom stereocenters. The van der Waals surface area contributed by atoms with Crippen LogP contribution in [0.25, 0.3) is 21.8 Å². The molecule has 0 amide bonds. The molecule has 25 heavy (non-hydrogen) atoms. The number of aromatic nitrogens is 1. The molecule has 2 heteroatoms. The lowest BCUT2D eigenvalue weighted by Gasteiger charge is -2.16. The molecule has 0 saturated heterocycles. The molecule has 4 rings (SSSR count). The molecular weight excluding hydrogens is 306 g/mol. The lowest BCUT2D eigenvalue weighted by molar-refractivity contribution is 0.861. The van der Waals surface area contributed by atoms with Crippen LogP contribution in [-0.4, -0.2) is 4.57 Å². The van der Waals surface area contributed by atoms with Crippen LogP contribution in [0.15, 0.2) is 71.5 Å². The molecule has 0 radical (unpaired) electrons. The Bertz CT molecular complexity index is 1120. The van der Waals surface area contributed by atoms with E-state index >= 15 is 0 Å². The van der Waals surface area contributed by atoms with E-state index in [-0.39, 0.29) is 5.43 Å². The predicted octanol–water partition coefficient (Wildman–Crippen LogP) is 5.07. The minimum absolute atomic E-state index is 0.126. The highest BCUT2D eigenvalue weighted by Gasteiger charge is 2.11. The Kier molecular flexibility index (Phi) is 3.89. The van der Waals surface area contributed by atoms with Gasteiger partial charge in [0.1, 0.15) is 0 Å². The molecule has 0 fully saturated rings. The van der Waals surface area contributed by atoms with E-state index in [2.05, 4.69) is 60.9 Å². The molecule has 0 aliphatic rings. The molecule has 0 aliphatic heterocycles. The van der Waals surface area contributed by atoms with Gasteiger partial charge in [-0.2, -0.15) is 0 Å². The third kappa shape index (κ3) is 2.74. The van der Waals surface area contributed by atoms with Gasteiger partial charge in [0, 0.05) is 17.3 Å². The highest BCUT2D eigenvalue weighted by Crippen LogP contribution is 2.22. The summed E-state index contributed by atoms with van der Waals surface area (Å²) in [4.78, 5) is 13.0. The second-order valence-corrected chi connectivity index (χ2v) is 6.62. The third-order valence-electron chi connectivity index (χ3n) is 4.91. The van der Waals surface area contributed by atoms with E-state index in [0.29, 0.717) is 0 Å². The normalized spacial score (nSPS) is 11.3. The van der Waals surface area contributed by atoms with Crippen LogP contribution in [-0.2, 0) is 13.0 Å². The van der Waals surface area contributed by atoms with Gasteiger partial charge in [-0.15, -0.1) is 0 Å². The number of nitrogens with zero attached hydrogens (tertiary/aromatic N) is 1. The number of fused-ring (bicyclic) bond motifs is 2. The van der Waals surface area contributed by atoms with E-state index in [0.717, 1.165) is 34.8 Å². The number of benzene rings is 3. The Morgan fingerprint density at radius 1 is 0.800 bits per heavy atom. The second kappa shape index (κ2) is 6.21. The SMILES string of the molecule is CCc1ccc2c(c1)c(=O)c1ccccc1n2Cc1ccc(C)cc1. The highest BCUT2D eigenvalue weighted by atomic mass is 16.1. The average molecular weight is 327 g/mol. The Hall–Kier alpha value is -2.87. The van der Waals surface area contributed by atoms with Crippen molar-refractivity contribution in [3.8, 4) is 0 Å². The zero-order chi connectivity index (χ0) is 17.4. The molecule has 0 saturated carbocycles. The van der Waals surface area contributed by atoms with Crippen molar-refractivity contribution in [3.63, 3.8) is 0 Å².